The summed E-state index contributed by atoms with van der Waals surface area (Å²) in [5.74, 6) is 0.0995. The van der Waals surface area contributed by atoms with E-state index in [4.69, 9.17) is 9.97 Å². The fourth-order valence-corrected chi connectivity index (χ4v) is 4.67. The Morgan fingerprint density at radius 1 is 0.943 bits per heavy atom. The first kappa shape index (κ1) is 22.3. The van der Waals surface area contributed by atoms with Crippen LogP contribution in [0.5, 0.6) is 5.75 Å². The van der Waals surface area contributed by atoms with Gasteiger partial charge >= 0.3 is 0 Å². The first-order chi connectivity index (χ1) is 16.9. The molecule has 0 fully saturated rings. The summed E-state index contributed by atoms with van der Waals surface area (Å²) in [7, 11) is 0. The molecule has 0 radical (unpaired) electrons. The van der Waals surface area contributed by atoms with E-state index in [-0.39, 0.29) is 16.7 Å². The molecule has 0 spiro atoms. The first-order valence-electron chi connectivity index (χ1n) is 11.6. The maximum atomic E-state index is 11.3. The van der Waals surface area contributed by atoms with Gasteiger partial charge < -0.3 is 5.11 Å². The number of hydrogen-bond acceptors (Lipinski definition) is 5. The summed E-state index contributed by atoms with van der Waals surface area (Å²) in [6.07, 6.45) is 8.30. The highest BCUT2D eigenvalue weighted by molar-refractivity contribution is 6.12. The van der Waals surface area contributed by atoms with Gasteiger partial charge in [0, 0.05) is 21.9 Å². The quantitative estimate of drug-likeness (QED) is 0.153. The van der Waals surface area contributed by atoms with Crippen molar-refractivity contribution in [2.24, 2.45) is 5.41 Å². The molecule has 0 saturated heterocycles. The molecule has 1 aliphatic carbocycles. The molecule has 5 heteroatoms. The van der Waals surface area contributed by atoms with Gasteiger partial charge in [0.05, 0.1) is 16.6 Å². The van der Waals surface area contributed by atoms with Gasteiger partial charge in [-0.15, -0.1) is 0 Å². The van der Waals surface area contributed by atoms with Crippen LogP contribution in [0.25, 0.3) is 38.9 Å². The summed E-state index contributed by atoms with van der Waals surface area (Å²) in [4.78, 5) is 9.72. The Labute approximate surface area is 204 Å². The van der Waals surface area contributed by atoms with Crippen molar-refractivity contribution in [3.05, 3.63) is 83.0 Å². The molecule has 0 aliphatic heterocycles. The van der Waals surface area contributed by atoms with Crippen LogP contribution in [0.1, 0.15) is 38.7 Å². The van der Waals surface area contributed by atoms with Crippen molar-refractivity contribution in [3.63, 3.8) is 0 Å². The number of nitriles is 2. The minimum Gasteiger partial charge on any atom is -0.507 e. The van der Waals surface area contributed by atoms with E-state index in [2.05, 4.69) is 19.9 Å². The molecule has 1 aliphatic rings. The second-order valence-corrected chi connectivity index (χ2v) is 9.66. The van der Waals surface area contributed by atoms with Gasteiger partial charge in [-0.1, -0.05) is 62.4 Å². The second-order valence-electron chi connectivity index (χ2n) is 9.66. The molecule has 0 unspecified atom stereocenters. The third kappa shape index (κ3) is 4.03. The Hall–Kier alpha value is -4.48. The van der Waals surface area contributed by atoms with Crippen molar-refractivity contribution in [1.29, 1.82) is 10.5 Å². The van der Waals surface area contributed by atoms with Gasteiger partial charge in [-0.25, -0.2) is 9.97 Å². The second kappa shape index (κ2) is 8.70. The fourth-order valence-electron chi connectivity index (χ4n) is 4.67. The number of aromatic hydroxyl groups is 1. The van der Waals surface area contributed by atoms with Crippen LogP contribution in [-0.4, -0.2) is 15.1 Å². The number of fused-ring (bicyclic) bond motifs is 4. The van der Waals surface area contributed by atoms with Crippen LogP contribution >= 0.6 is 0 Å². The summed E-state index contributed by atoms with van der Waals surface area (Å²) >= 11 is 0. The predicted octanol–water partition coefficient (Wildman–Crippen LogP) is 7.14. The highest BCUT2D eigenvalue weighted by Crippen LogP contribution is 2.40. The molecule has 1 N–H and O–H groups in total. The zero-order valence-electron chi connectivity index (χ0n) is 19.7. The van der Waals surface area contributed by atoms with Crippen LogP contribution < -0.4 is 0 Å². The van der Waals surface area contributed by atoms with E-state index in [9.17, 15) is 15.6 Å². The number of benzene rings is 3. The van der Waals surface area contributed by atoms with Crippen molar-refractivity contribution >= 4 is 38.9 Å². The third-order valence-electron chi connectivity index (χ3n) is 6.75. The summed E-state index contributed by atoms with van der Waals surface area (Å²) in [5.41, 5.74) is 5.13. The maximum absolute atomic E-state index is 11.3. The molecule has 170 valence electrons. The number of aromatic nitrogens is 2. The fraction of sp³-hybridized carbons (Fsp3) is 0.200. The van der Waals surface area contributed by atoms with Crippen molar-refractivity contribution in [1.82, 2.24) is 9.97 Å². The average molecular weight is 457 g/mol. The summed E-state index contributed by atoms with van der Waals surface area (Å²) in [5, 5.41) is 32.1. The van der Waals surface area contributed by atoms with E-state index in [1.165, 1.54) is 0 Å². The van der Waals surface area contributed by atoms with Crippen molar-refractivity contribution in [2.75, 3.05) is 0 Å². The number of phenolic OH excluding ortho intramolecular Hbond substituents is 1. The van der Waals surface area contributed by atoms with Gasteiger partial charge in [0.15, 0.2) is 0 Å². The monoisotopic (exact) mass is 456 g/mol. The Morgan fingerprint density at radius 3 is 2.20 bits per heavy atom. The van der Waals surface area contributed by atoms with Crippen LogP contribution in [0, 0.1) is 28.1 Å². The van der Waals surface area contributed by atoms with E-state index in [1.54, 1.807) is 12.2 Å². The van der Waals surface area contributed by atoms with Crippen LogP contribution in [0.15, 0.2) is 77.4 Å². The van der Waals surface area contributed by atoms with Crippen LogP contribution in [0.3, 0.4) is 0 Å². The molecule has 5 nitrogen and oxygen atoms in total. The molecular weight excluding hydrogens is 432 g/mol. The number of allylic oxidation sites excluding steroid dienone is 5. The minimum atomic E-state index is 0.0633. The molecule has 5 rings (SSSR count). The van der Waals surface area contributed by atoms with Crippen LogP contribution in [-0.2, 0) is 0 Å². The topological polar surface area (TPSA) is 93.6 Å². The molecule has 3 aromatic carbocycles. The molecule has 35 heavy (non-hydrogen) atoms. The largest absolute Gasteiger partial charge is 0.507 e. The van der Waals surface area contributed by atoms with Crippen molar-refractivity contribution in [3.8, 4) is 17.9 Å². The van der Waals surface area contributed by atoms with Gasteiger partial charge in [0.2, 0.25) is 0 Å². The van der Waals surface area contributed by atoms with E-state index >= 15 is 0 Å². The molecule has 0 amide bonds. The van der Waals surface area contributed by atoms with Crippen molar-refractivity contribution in [2.45, 2.75) is 33.1 Å². The lowest BCUT2D eigenvalue weighted by Crippen LogP contribution is -2.15. The number of rotatable bonds is 3. The standard InChI is InChI=1S/C30H24N4O/c1-30(2)15-13-19(14-16-30)21(20(17-31)18-32)11-12-24-28-27(22-7-3-4-8-23(22)29(24)35)33-25-9-5-6-10-26(25)34-28/h3-13,35H,14-16H2,1-2H3/b12-11+. The average Bonchev–Trinajstić information content (AvgIpc) is 2.87. The molecule has 0 saturated carbocycles. The molecule has 1 aromatic heterocycles. The summed E-state index contributed by atoms with van der Waals surface area (Å²) < 4.78 is 0. The van der Waals surface area contributed by atoms with Gasteiger partial charge in [-0.3, -0.25) is 0 Å². The van der Waals surface area contributed by atoms with Gasteiger partial charge in [-0.05, 0) is 48.5 Å². The smallest absolute Gasteiger partial charge is 0.137 e. The molecular formula is C30H24N4O. The highest BCUT2D eigenvalue weighted by Gasteiger charge is 2.24. The maximum Gasteiger partial charge on any atom is 0.137 e. The molecule has 0 bridgehead atoms. The third-order valence-corrected chi connectivity index (χ3v) is 6.75. The lowest BCUT2D eigenvalue weighted by Gasteiger charge is -2.29. The van der Waals surface area contributed by atoms with Crippen LogP contribution in [0.4, 0.5) is 0 Å². The Bertz CT molecular complexity index is 1660. The Kier molecular flexibility index (Phi) is 5.55. The van der Waals surface area contributed by atoms with Crippen LogP contribution in [0.2, 0.25) is 0 Å². The van der Waals surface area contributed by atoms with E-state index in [0.717, 1.165) is 41.3 Å². The lowest BCUT2D eigenvalue weighted by molar-refractivity contribution is 0.326. The van der Waals surface area contributed by atoms with Gasteiger partial charge in [0.1, 0.15) is 29.0 Å². The lowest BCUT2D eigenvalue weighted by atomic mass is 9.76. The number of para-hydroxylation sites is 2. The molecule has 1 heterocycles. The highest BCUT2D eigenvalue weighted by atomic mass is 16.3. The SMILES string of the molecule is CC1(C)CC=C(C(/C=C/c2c(O)c3ccccc3c3nc4ccccc4nc23)=C(C#N)C#N)CC1. The molecule has 0 atom stereocenters. The number of phenols is 1. The normalized spacial score (nSPS) is 15.1. The van der Waals surface area contributed by atoms with Crippen molar-refractivity contribution < 1.29 is 5.11 Å². The van der Waals surface area contributed by atoms with Gasteiger partial charge in [-0.2, -0.15) is 10.5 Å². The summed E-state index contributed by atoms with van der Waals surface area (Å²) in [6, 6.07) is 19.3. The number of nitrogens with zero attached hydrogens (tertiary/aromatic N) is 4. The number of hydrogen-bond donors (Lipinski definition) is 1. The van der Waals surface area contributed by atoms with Gasteiger partial charge in [0.25, 0.3) is 0 Å². The zero-order valence-corrected chi connectivity index (χ0v) is 19.7. The molecule has 4 aromatic rings. The Morgan fingerprint density at radius 2 is 1.57 bits per heavy atom. The first-order valence-corrected chi connectivity index (χ1v) is 11.6. The predicted molar refractivity (Wildman–Crippen MR) is 139 cm³/mol. The van der Waals surface area contributed by atoms with E-state index in [1.807, 2.05) is 60.7 Å². The zero-order chi connectivity index (χ0) is 24.6. The summed E-state index contributed by atoms with van der Waals surface area (Å²) in [6.45, 7) is 4.44. The minimum absolute atomic E-state index is 0.0633. The van der Waals surface area contributed by atoms with E-state index < -0.39 is 0 Å². The Balaban J connectivity index is 1.76. The van der Waals surface area contributed by atoms with E-state index in [0.29, 0.717) is 27.6 Å².